The summed E-state index contributed by atoms with van der Waals surface area (Å²) < 4.78 is 11.9. The van der Waals surface area contributed by atoms with Gasteiger partial charge in [-0.25, -0.2) is 14.6 Å². The minimum atomic E-state index is -0.685. The van der Waals surface area contributed by atoms with Crippen molar-refractivity contribution in [1.82, 2.24) is 29.7 Å². The average Bonchev–Trinajstić information content (AvgIpc) is 4.01. The number of hydrogen-bond acceptors (Lipinski definition) is 7. The molecule has 2 atom stereocenters. The monoisotopic (exact) mass is 672 g/mol. The van der Waals surface area contributed by atoms with Crippen LogP contribution in [0.15, 0.2) is 97.1 Å². The van der Waals surface area contributed by atoms with Crippen LogP contribution in [0.25, 0.3) is 56.5 Å². The molecule has 250 valence electrons. The number of benzene rings is 2. The fraction of sp³-hybridized carbons (Fsp3) is 0.146. The second-order valence-corrected chi connectivity index (χ2v) is 12.9. The van der Waals surface area contributed by atoms with E-state index in [4.69, 9.17) is 19.4 Å². The predicted molar refractivity (Wildman–Crippen MR) is 195 cm³/mol. The van der Waals surface area contributed by atoms with Crippen molar-refractivity contribution < 1.29 is 19.1 Å². The van der Waals surface area contributed by atoms with Gasteiger partial charge in [0.15, 0.2) is 5.69 Å². The van der Waals surface area contributed by atoms with Crippen molar-refractivity contribution in [1.29, 1.82) is 0 Å². The van der Waals surface area contributed by atoms with E-state index >= 15 is 0 Å². The zero-order valence-corrected chi connectivity index (χ0v) is 27.9. The third kappa shape index (κ3) is 5.15. The summed E-state index contributed by atoms with van der Waals surface area (Å²) in [5, 5.41) is 4.62. The van der Waals surface area contributed by atoms with E-state index in [-0.39, 0.29) is 23.1 Å². The molecule has 10 nitrogen and oxygen atoms in total. The van der Waals surface area contributed by atoms with Gasteiger partial charge in [0.2, 0.25) is 0 Å². The Labute approximate surface area is 292 Å². The number of carbonyl (C=O) groups is 2. The lowest BCUT2D eigenvalue weighted by atomic mass is 9.81. The highest BCUT2D eigenvalue weighted by atomic mass is 16.5. The maximum Gasteiger partial charge on any atom is 0.359 e. The largest absolute Gasteiger partial charge is 0.465 e. The van der Waals surface area contributed by atoms with Crippen molar-refractivity contribution >= 4 is 46.2 Å². The van der Waals surface area contributed by atoms with E-state index < -0.39 is 11.9 Å². The molecule has 0 saturated heterocycles. The zero-order chi connectivity index (χ0) is 34.6. The number of methoxy groups -OCH3 is 2. The maximum absolute atomic E-state index is 13.1. The molecule has 0 spiro atoms. The van der Waals surface area contributed by atoms with Gasteiger partial charge in [0.05, 0.1) is 43.5 Å². The minimum Gasteiger partial charge on any atom is -0.465 e. The van der Waals surface area contributed by atoms with Crippen LogP contribution in [0.1, 0.15) is 61.2 Å². The fourth-order valence-corrected chi connectivity index (χ4v) is 7.64. The Morgan fingerprint density at radius 3 is 2.06 bits per heavy atom. The molecule has 0 amide bonds. The molecule has 4 aromatic heterocycles. The lowest BCUT2D eigenvalue weighted by Crippen LogP contribution is -2.25. The van der Waals surface area contributed by atoms with Crippen molar-refractivity contribution in [2.24, 2.45) is 0 Å². The number of aromatic amines is 2. The van der Waals surface area contributed by atoms with Gasteiger partial charge in [-0.15, -0.1) is 0 Å². The fourth-order valence-electron chi connectivity index (χ4n) is 7.64. The summed E-state index contributed by atoms with van der Waals surface area (Å²) in [7, 11) is 2.58. The molecule has 2 unspecified atom stereocenters. The van der Waals surface area contributed by atoms with E-state index in [1.54, 1.807) is 4.68 Å². The van der Waals surface area contributed by atoms with Gasteiger partial charge < -0.3 is 19.4 Å². The van der Waals surface area contributed by atoms with Crippen LogP contribution in [0, 0.1) is 0 Å². The Hall–Kier alpha value is -6.55. The SMILES string of the molecule is COC(=O)c1nn2c(c1C(=O)OC)CC1c3cc4ccc([nH]4)c(-c4ccccc4)c4nc(cc5ccc([nH]5)c(-c5ccccc5)c(n3)C1C2)C=C4. The number of rotatable bonds is 4. The molecule has 0 aliphatic carbocycles. The number of carbonyl (C=O) groups excluding carboxylic acids is 2. The summed E-state index contributed by atoms with van der Waals surface area (Å²) in [5.41, 5.74) is 11.8. The van der Waals surface area contributed by atoms with Gasteiger partial charge in [0.1, 0.15) is 5.56 Å². The topological polar surface area (TPSA) is 128 Å². The van der Waals surface area contributed by atoms with E-state index in [0.717, 1.165) is 67.1 Å². The van der Waals surface area contributed by atoms with Crippen LogP contribution >= 0.6 is 0 Å². The van der Waals surface area contributed by atoms with Crippen molar-refractivity contribution in [3.8, 4) is 22.3 Å². The number of fused-ring (bicyclic) bond motifs is 12. The Kier molecular flexibility index (Phi) is 7.24. The summed E-state index contributed by atoms with van der Waals surface area (Å²) in [5.74, 6) is -1.56. The number of nitrogens with one attached hydrogen (secondary N) is 2. The molecule has 7 heterocycles. The van der Waals surface area contributed by atoms with Gasteiger partial charge in [-0.2, -0.15) is 5.10 Å². The van der Waals surface area contributed by atoms with E-state index in [0.29, 0.717) is 18.7 Å². The van der Waals surface area contributed by atoms with E-state index in [2.05, 4.69) is 75.7 Å². The Morgan fingerprint density at radius 2 is 1.37 bits per heavy atom. The molecule has 3 aliphatic heterocycles. The third-order valence-electron chi connectivity index (χ3n) is 9.94. The second-order valence-electron chi connectivity index (χ2n) is 12.9. The molecule has 3 aliphatic rings. The quantitative estimate of drug-likeness (QED) is 0.183. The number of aromatic nitrogens is 6. The molecular weight excluding hydrogens is 640 g/mol. The smallest absolute Gasteiger partial charge is 0.359 e. The van der Waals surface area contributed by atoms with Crippen LogP contribution in [0.5, 0.6) is 0 Å². The summed E-state index contributed by atoms with van der Waals surface area (Å²) >= 11 is 0. The van der Waals surface area contributed by atoms with Gasteiger partial charge in [-0.1, -0.05) is 60.7 Å². The highest BCUT2D eigenvalue weighted by Gasteiger charge is 2.42. The van der Waals surface area contributed by atoms with Crippen LogP contribution in [-0.2, 0) is 22.4 Å². The first-order chi connectivity index (χ1) is 25.0. The van der Waals surface area contributed by atoms with E-state index in [9.17, 15) is 9.59 Å². The molecule has 10 heteroatoms. The van der Waals surface area contributed by atoms with Crippen molar-refractivity contribution in [3.05, 3.63) is 137 Å². The molecule has 9 rings (SSSR count). The second kappa shape index (κ2) is 12.1. The molecule has 6 aromatic rings. The van der Waals surface area contributed by atoms with E-state index in [1.165, 1.54) is 14.2 Å². The predicted octanol–water partition coefficient (Wildman–Crippen LogP) is 7.71. The Morgan fingerprint density at radius 1 is 0.725 bits per heavy atom. The summed E-state index contributed by atoms with van der Waals surface area (Å²) in [6.45, 7) is 0.398. The van der Waals surface area contributed by atoms with Crippen molar-refractivity contribution in [3.63, 3.8) is 0 Å². The number of hydrogen-bond donors (Lipinski definition) is 2. The maximum atomic E-state index is 13.1. The van der Waals surface area contributed by atoms with Gasteiger partial charge in [0.25, 0.3) is 0 Å². The Balaban J connectivity index is 1.35. The lowest BCUT2D eigenvalue weighted by molar-refractivity contribution is 0.0551. The number of ether oxygens (including phenoxy) is 2. The van der Waals surface area contributed by atoms with E-state index in [1.807, 2.05) is 48.5 Å². The van der Waals surface area contributed by atoms with Crippen molar-refractivity contribution in [2.45, 2.75) is 24.8 Å². The number of esters is 2. The molecule has 0 saturated carbocycles. The van der Waals surface area contributed by atoms with Crippen LogP contribution in [0.3, 0.4) is 0 Å². The van der Waals surface area contributed by atoms with Gasteiger partial charge in [0, 0.05) is 50.7 Å². The highest BCUT2D eigenvalue weighted by Crippen LogP contribution is 2.48. The molecule has 0 fully saturated rings. The first kappa shape index (κ1) is 30.5. The zero-order valence-electron chi connectivity index (χ0n) is 27.9. The summed E-state index contributed by atoms with van der Waals surface area (Å²) in [6, 6.07) is 32.9. The van der Waals surface area contributed by atoms with Crippen LogP contribution in [0.2, 0.25) is 0 Å². The lowest BCUT2D eigenvalue weighted by Gasteiger charge is -2.28. The van der Waals surface area contributed by atoms with Crippen molar-refractivity contribution in [2.75, 3.05) is 14.2 Å². The molecule has 2 aromatic carbocycles. The molecule has 8 bridgehead atoms. The summed E-state index contributed by atoms with van der Waals surface area (Å²) in [6.07, 6.45) is 4.51. The first-order valence-corrected chi connectivity index (χ1v) is 16.8. The van der Waals surface area contributed by atoms with Crippen LogP contribution in [-0.4, -0.2) is 55.9 Å². The number of H-pyrrole nitrogens is 2. The first-order valence-electron chi connectivity index (χ1n) is 16.8. The van der Waals surface area contributed by atoms with Crippen LogP contribution in [0.4, 0.5) is 0 Å². The van der Waals surface area contributed by atoms with Gasteiger partial charge in [-0.3, -0.25) is 9.67 Å². The van der Waals surface area contributed by atoms with Crippen LogP contribution < -0.4 is 0 Å². The third-order valence-corrected chi connectivity index (χ3v) is 9.94. The van der Waals surface area contributed by atoms with Gasteiger partial charge >= 0.3 is 11.9 Å². The highest BCUT2D eigenvalue weighted by molar-refractivity contribution is 6.03. The average molecular weight is 673 g/mol. The number of nitrogens with zero attached hydrogens (tertiary/aromatic N) is 4. The minimum absolute atomic E-state index is 0.0451. The Bertz CT molecular complexity index is 2560. The van der Waals surface area contributed by atoms with Gasteiger partial charge in [-0.05, 0) is 66.1 Å². The molecule has 0 radical (unpaired) electrons. The normalized spacial score (nSPS) is 16.0. The molecule has 2 N–H and O–H groups in total. The standard InChI is InChI=1S/C41H32N6O4/c1-50-40(48)37-34-21-28-29(22-47(34)46-39(37)41(49)51-2)38-36(24-11-7-4-8-12-24)32-18-14-26(43-32)19-25-13-16-30(42-25)35(23-9-5-3-6-10-23)31-17-15-27(44-31)20-33(28)45-38/h3-20,28-29,43-44H,21-22H2,1-2H3. The molecular formula is C41H32N6O4. The summed E-state index contributed by atoms with van der Waals surface area (Å²) in [4.78, 5) is 43.8. The molecule has 51 heavy (non-hydrogen) atoms.